The van der Waals surface area contributed by atoms with E-state index in [1.54, 1.807) is 25.1 Å². The topological polar surface area (TPSA) is 47.4 Å². The van der Waals surface area contributed by atoms with E-state index in [0.717, 1.165) is 23.1 Å². The molecule has 1 atom stereocenters. The fourth-order valence-corrected chi connectivity index (χ4v) is 2.88. The molecule has 1 aromatic heterocycles. The molecule has 5 nitrogen and oxygen atoms in total. The Hall–Kier alpha value is -2.82. The van der Waals surface area contributed by atoms with Gasteiger partial charge in [-0.15, -0.1) is 0 Å². The number of amides is 1. The van der Waals surface area contributed by atoms with Crippen molar-refractivity contribution in [3.63, 3.8) is 0 Å². The van der Waals surface area contributed by atoms with E-state index in [-0.39, 0.29) is 5.91 Å². The van der Waals surface area contributed by atoms with Gasteiger partial charge in [-0.1, -0.05) is 30.3 Å². The van der Waals surface area contributed by atoms with Crippen LogP contribution in [0.1, 0.15) is 19.7 Å². The van der Waals surface area contributed by atoms with Gasteiger partial charge in [-0.05, 0) is 36.8 Å². The number of carbonyl (C=O) groups is 1. The summed E-state index contributed by atoms with van der Waals surface area (Å²) in [6, 6.07) is 13.9. The van der Waals surface area contributed by atoms with Crippen molar-refractivity contribution >= 4 is 16.7 Å². The summed E-state index contributed by atoms with van der Waals surface area (Å²) in [5.74, 6) is 1.50. The maximum absolute atomic E-state index is 12.6. The van der Waals surface area contributed by atoms with Crippen LogP contribution < -0.4 is 4.74 Å². The Balaban J connectivity index is 1.66. The van der Waals surface area contributed by atoms with Crippen LogP contribution in [-0.4, -0.2) is 33.5 Å². The van der Waals surface area contributed by atoms with Crippen molar-refractivity contribution in [3.8, 4) is 5.75 Å². The Morgan fingerprint density at radius 2 is 2.00 bits per heavy atom. The Bertz CT molecular complexity index is 872. The van der Waals surface area contributed by atoms with Crippen molar-refractivity contribution in [2.45, 2.75) is 33.0 Å². The minimum absolute atomic E-state index is 0.0705. The Morgan fingerprint density at radius 3 is 2.76 bits per heavy atom. The number of carbonyl (C=O) groups excluding carboxylic acids is 1. The maximum Gasteiger partial charge on any atom is 0.263 e. The molecule has 3 aromatic rings. The zero-order valence-electron chi connectivity index (χ0n) is 14.8. The lowest BCUT2D eigenvalue weighted by Gasteiger charge is -2.22. The van der Waals surface area contributed by atoms with Crippen LogP contribution in [0.2, 0.25) is 0 Å². The first kappa shape index (κ1) is 17.0. The van der Waals surface area contributed by atoms with Gasteiger partial charge in [-0.2, -0.15) is 0 Å². The van der Waals surface area contributed by atoms with Gasteiger partial charge in [0.25, 0.3) is 5.91 Å². The van der Waals surface area contributed by atoms with E-state index < -0.39 is 6.10 Å². The van der Waals surface area contributed by atoms with Crippen LogP contribution in [0.25, 0.3) is 10.8 Å². The SMILES string of the molecule is CCn1ccnc1CN(C)C(=O)[C@H](C)Oc1ccc2ccccc2c1. The van der Waals surface area contributed by atoms with Crippen molar-refractivity contribution in [1.29, 1.82) is 0 Å². The number of ether oxygens (including phenoxy) is 1. The van der Waals surface area contributed by atoms with Gasteiger partial charge in [-0.25, -0.2) is 4.98 Å². The molecule has 0 unspecified atom stereocenters. The summed E-state index contributed by atoms with van der Waals surface area (Å²) >= 11 is 0. The van der Waals surface area contributed by atoms with Crippen LogP contribution in [0.4, 0.5) is 0 Å². The Labute approximate surface area is 147 Å². The van der Waals surface area contributed by atoms with E-state index in [2.05, 4.69) is 18.0 Å². The highest BCUT2D eigenvalue weighted by Gasteiger charge is 2.20. The number of nitrogens with zero attached hydrogens (tertiary/aromatic N) is 3. The smallest absolute Gasteiger partial charge is 0.263 e. The highest BCUT2D eigenvalue weighted by Crippen LogP contribution is 2.21. The molecule has 130 valence electrons. The molecule has 0 spiro atoms. The molecule has 0 aliphatic rings. The quantitative estimate of drug-likeness (QED) is 0.692. The van der Waals surface area contributed by atoms with Gasteiger partial charge in [-0.3, -0.25) is 4.79 Å². The molecule has 1 heterocycles. The number of imidazole rings is 1. The third-order valence-corrected chi connectivity index (χ3v) is 4.28. The van der Waals surface area contributed by atoms with E-state index in [9.17, 15) is 4.79 Å². The summed E-state index contributed by atoms with van der Waals surface area (Å²) in [6.45, 7) is 5.13. The minimum atomic E-state index is -0.559. The minimum Gasteiger partial charge on any atom is -0.481 e. The summed E-state index contributed by atoms with van der Waals surface area (Å²) in [7, 11) is 1.78. The first-order chi connectivity index (χ1) is 12.1. The van der Waals surface area contributed by atoms with Gasteiger partial charge in [0, 0.05) is 26.0 Å². The first-order valence-corrected chi connectivity index (χ1v) is 8.49. The van der Waals surface area contributed by atoms with Crippen molar-refractivity contribution in [2.24, 2.45) is 0 Å². The monoisotopic (exact) mass is 337 g/mol. The zero-order chi connectivity index (χ0) is 17.8. The molecule has 0 saturated carbocycles. The maximum atomic E-state index is 12.6. The van der Waals surface area contributed by atoms with E-state index in [4.69, 9.17) is 4.74 Å². The Morgan fingerprint density at radius 1 is 1.24 bits per heavy atom. The van der Waals surface area contributed by atoms with Crippen molar-refractivity contribution < 1.29 is 9.53 Å². The molecule has 0 saturated heterocycles. The van der Waals surface area contributed by atoms with Crippen LogP contribution in [-0.2, 0) is 17.9 Å². The molecule has 0 aliphatic carbocycles. The van der Waals surface area contributed by atoms with E-state index in [1.165, 1.54) is 0 Å². The fourth-order valence-electron chi connectivity index (χ4n) is 2.88. The molecule has 0 aliphatic heterocycles. The Kier molecular flexibility index (Phi) is 5.03. The molecular formula is C20H23N3O2. The third kappa shape index (κ3) is 3.82. The fraction of sp³-hybridized carbons (Fsp3) is 0.300. The lowest BCUT2D eigenvalue weighted by Crippen LogP contribution is -2.38. The summed E-state index contributed by atoms with van der Waals surface area (Å²) in [6.07, 6.45) is 3.12. The summed E-state index contributed by atoms with van der Waals surface area (Å²) in [5, 5.41) is 2.25. The van der Waals surface area contributed by atoms with E-state index in [0.29, 0.717) is 12.3 Å². The predicted octanol–water partition coefficient (Wildman–Crippen LogP) is 3.48. The molecule has 0 N–H and O–H groups in total. The van der Waals surface area contributed by atoms with Gasteiger partial charge in [0.15, 0.2) is 6.10 Å². The lowest BCUT2D eigenvalue weighted by atomic mass is 10.1. The molecule has 0 fully saturated rings. The largest absolute Gasteiger partial charge is 0.481 e. The molecular weight excluding hydrogens is 314 g/mol. The third-order valence-electron chi connectivity index (χ3n) is 4.28. The van der Waals surface area contributed by atoms with Gasteiger partial charge >= 0.3 is 0 Å². The number of aromatic nitrogens is 2. The van der Waals surface area contributed by atoms with Crippen LogP contribution in [0.5, 0.6) is 5.75 Å². The van der Waals surface area contributed by atoms with Crippen LogP contribution in [0.15, 0.2) is 54.9 Å². The number of benzene rings is 2. The molecule has 25 heavy (non-hydrogen) atoms. The van der Waals surface area contributed by atoms with Crippen LogP contribution in [0.3, 0.4) is 0 Å². The zero-order valence-corrected chi connectivity index (χ0v) is 14.8. The summed E-state index contributed by atoms with van der Waals surface area (Å²) < 4.78 is 7.89. The first-order valence-electron chi connectivity index (χ1n) is 8.49. The van der Waals surface area contributed by atoms with Crippen LogP contribution in [0, 0.1) is 0 Å². The normalized spacial score (nSPS) is 12.1. The van der Waals surface area contributed by atoms with Crippen molar-refractivity contribution in [2.75, 3.05) is 7.05 Å². The average Bonchev–Trinajstić information content (AvgIpc) is 3.08. The van der Waals surface area contributed by atoms with E-state index in [1.807, 2.05) is 47.2 Å². The second-order valence-electron chi connectivity index (χ2n) is 6.09. The summed E-state index contributed by atoms with van der Waals surface area (Å²) in [5.41, 5.74) is 0. The van der Waals surface area contributed by atoms with Crippen molar-refractivity contribution in [1.82, 2.24) is 14.5 Å². The second kappa shape index (κ2) is 7.38. The summed E-state index contributed by atoms with van der Waals surface area (Å²) in [4.78, 5) is 18.6. The standard InChI is InChI=1S/C20H23N3O2/c1-4-23-12-11-21-19(23)14-22(3)20(24)15(2)25-18-10-9-16-7-5-6-8-17(16)13-18/h5-13,15H,4,14H2,1-3H3/t15-/m0/s1. The lowest BCUT2D eigenvalue weighted by molar-refractivity contribution is -0.137. The molecule has 5 heteroatoms. The second-order valence-corrected chi connectivity index (χ2v) is 6.09. The molecule has 0 bridgehead atoms. The highest BCUT2D eigenvalue weighted by atomic mass is 16.5. The number of fused-ring (bicyclic) bond motifs is 1. The molecule has 1 amide bonds. The number of likely N-dealkylation sites (N-methyl/N-ethyl adjacent to an activating group) is 1. The number of hydrogen-bond acceptors (Lipinski definition) is 3. The number of aryl methyl sites for hydroxylation is 1. The average molecular weight is 337 g/mol. The highest BCUT2D eigenvalue weighted by molar-refractivity contribution is 5.84. The van der Waals surface area contributed by atoms with Crippen molar-refractivity contribution in [3.05, 3.63) is 60.7 Å². The molecule has 3 rings (SSSR count). The van der Waals surface area contributed by atoms with E-state index >= 15 is 0 Å². The van der Waals surface area contributed by atoms with Gasteiger partial charge < -0.3 is 14.2 Å². The molecule has 2 aromatic carbocycles. The van der Waals surface area contributed by atoms with Gasteiger partial charge in [0.05, 0.1) is 6.54 Å². The number of rotatable bonds is 6. The van der Waals surface area contributed by atoms with Crippen LogP contribution >= 0.6 is 0 Å². The van der Waals surface area contributed by atoms with Gasteiger partial charge in [0.2, 0.25) is 0 Å². The predicted molar refractivity (Wildman–Crippen MR) is 98.4 cm³/mol. The van der Waals surface area contributed by atoms with Gasteiger partial charge in [0.1, 0.15) is 11.6 Å². The number of hydrogen-bond donors (Lipinski definition) is 0. The molecule has 0 radical (unpaired) electrons.